The van der Waals surface area contributed by atoms with Gasteiger partial charge in [-0.05, 0) is 153 Å². The van der Waals surface area contributed by atoms with E-state index in [1.807, 2.05) is 32.9 Å². The molecular weight excluding hydrogens is 1440 g/mol. The summed E-state index contributed by atoms with van der Waals surface area (Å²) >= 11 is 0. The van der Waals surface area contributed by atoms with E-state index in [1.165, 1.54) is 63.7 Å². The second-order valence-electron chi connectivity index (χ2n) is 24.0. The van der Waals surface area contributed by atoms with Crippen molar-refractivity contribution < 1.29 is 85.2 Å². The summed E-state index contributed by atoms with van der Waals surface area (Å²) in [5.41, 5.74) is -5.12. The Kier molecular flexibility index (Phi) is 9.14. The van der Waals surface area contributed by atoms with Crippen molar-refractivity contribution in [3.63, 3.8) is 0 Å². The first-order valence-corrected chi connectivity index (χ1v) is 33.3. The maximum atomic E-state index is 10.9. The first-order valence-electron chi connectivity index (χ1n) is 51.3. The fraction of sp³-hybridized carbons (Fsp3) is 0.0526. The first kappa shape index (κ1) is 34.0. The number of hydrogen-bond donors (Lipinski definition) is 0. The molecule has 102 heavy (non-hydrogen) atoms. The Hall–Kier alpha value is -11.8. The molecule has 0 saturated heterocycles. The van der Waals surface area contributed by atoms with Gasteiger partial charge in [-0.3, -0.25) is 4.57 Å². The van der Waals surface area contributed by atoms with Gasteiger partial charge in [0.15, 0.2) is 8.07 Å². The van der Waals surface area contributed by atoms with E-state index in [-0.39, 0.29) is 88.6 Å². The fourth-order valence-electron chi connectivity index (χ4n) is 12.4. The molecule has 17 rings (SSSR count). The molecule has 14 aromatic carbocycles. The van der Waals surface area contributed by atoms with Crippen LogP contribution in [0, 0.1) is 25.3 Å². The molecule has 0 radical (unpaired) electrons. The van der Waals surface area contributed by atoms with Gasteiger partial charge in [0.05, 0.1) is 67.4 Å². The first-order chi connectivity index (χ1) is 66.2. The normalized spacial score (nSPS) is 17.3. The third-order valence-corrected chi connectivity index (χ3v) is 21.0. The van der Waals surface area contributed by atoms with Crippen LogP contribution in [-0.2, 0) is 26.5 Å². The van der Waals surface area contributed by atoms with Crippen molar-refractivity contribution in [1.82, 2.24) is 14.1 Å². The smallest absolute Gasteiger partial charge is 0.268 e. The Balaban J connectivity index is 0.0000145. The number of aryl methyl sites for hydroxylation is 1. The molecule has 0 aliphatic carbocycles. The SMILES string of the molecule is [2H]c1c([2H])c([2H])c(-c2cnc(-n3c4[c-]c(Oc5[c-]c(-n6[c-][n+](-c7c(-c8cccc(C(C)(C)C)c8)cccc7-c7c([2H])c(-c8c([2H])c([2H])c([2H])c([2H])c8[2H])c([2H])c(-c8c([2H])c([2H])c([2H])c([2H])c8[2H])c7[2H])c7ccc(-c8c([2H])c([2H])c([2H])c([Si](c9c([2H])c([2H])c([2H])c([2H])c9[2H])(c9c([2H])c([2H])c([2H])c([2H])c9[2H])c9c([2H])c([2H])c([2H])c([2H])c9[2H])c8[2H])cc76)ccc5)ccc4c4ccccc43)cc2C([2H])([2H])[2H])c([2H])c1[2H].[Pt]. The Morgan fingerprint density at radius 2 is 1.01 bits per heavy atom. The zero-order valence-corrected chi connectivity index (χ0v) is 56.9. The van der Waals surface area contributed by atoms with Crippen LogP contribution in [0.1, 0.15) is 86.7 Å². The van der Waals surface area contributed by atoms with Crippen molar-refractivity contribution in [2.75, 3.05) is 0 Å². The van der Waals surface area contributed by atoms with E-state index in [4.69, 9.17) is 33.0 Å². The topological polar surface area (TPSA) is 35.9 Å². The van der Waals surface area contributed by atoms with Gasteiger partial charge in [0, 0.05) is 54.0 Å². The molecule has 0 atom stereocenters. The summed E-state index contributed by atoms with van der Waals surface area (Å²) in [6, 6.07) is -0.427. The molecule has 0 N–H and O–H groups in total. The van der Waals surface area contributed by atoms with E-state index in [2.05, 4.69) is 18.5 Å². The van der Waals surface area contributed by atoms with Gasteiger partial charge in [-0.25, -0.2) is 4.98 Å². The molecule has 0 aliphatic heterocycles. The Morgan fingerprint density at radius 1 is 0.441 bits per heavy atom. The standard InChI is InChI=1S/C95H70N4OSi.Pt/c1-66-55-93(96-64-88(66)69-33-15-7-16-34-69)99-89-50-24-23-47-86(89)87-53-52-79(63-91(87)99)100-78-39-27-38-77(62-78)97-65-98(90-54-51-71(61-92(90)97)70-35-26-46-83(60-70)101(80-40-17-8-18-41-80,81-42-19-9-20-43-81)82-44-21-10-22-45-82)94-84(72-36-25-37-76(59-72)95(2,3)4)48-28-49-85(94)75-57-73(67-29-11-5-12-30-67)56-74(58-75)68-31-13-6-14-32-68;/h5-61,64H,1-4H3;/q-2;/i1D3,5D,6D,7D,8D,9D,10D,11D,12D,13D,14D,15D,16D,17D,18D,19D,20D,21D,22D,26D,29D,30D,31D,32D,33D,34D,35D,40D,41D,42D,43D,44D,45D,46D,56D,57D,58D,60D;. The predicted molar refractivity (Wildman–Crippen MR) is 420 cm³/mol. The van der Waals surface area contributed by atoms with Crippen molar-refractivity contribution in [1.29, 1.82) is 0 Å². The van der Waals surface area contributed by atoms with Gasteiger partial charge >= 0.3 is 0 Å². The summed E-state index contributed by atoms with van der Waals surface area (Å²) in [4.78, 5) is 4.69. The molecule has 0 amide bonds. The van der Waals surface area contributed by atoms with Crippen molar-refractivity contribution in [2.45, 2.75) is 33.0 Å². The van der Waals surface area contributed by atoms with Gasteiger partial charge in [-0.1, -0.05) is 305 Å². The molecule has 0 bridgehead atoms. The Morgan fingerprint density at radius 3 is 1.66 bits per heavy atom. The summed E-state index contributed by atoms with van der Waals surface area (Å²) < 4.78 is 385. The van der Waals surface area contributed by atoms with Crippen LogP contribution in [-0.4, -0.2) is 22.2 Å². The monoisotopic (exact) mass is 1550 g/mol. The van der Waals surface area contributed by atoms with E-state index in [0.29, 0.717) is 21.9 Å². The maximum absolute atomic E-state index is 10.9. The van der Waals surface area contributed by atoms with Gasteiger partial charge in [-0.2, -0.15) is 18.2 Å². The van der Waals surface area contributed by atoms with E-state index in [0.717, 1.165) is 11.8 Å². The van der Waals surface area contributed by atoms with Gasteiger partial charge in [0.2, 0.25) is 0 Å². The van der Waals surface area contributed by atoms with E-state index in [9.17, 15) is 31.5 Å². The molecule has 3 aromatic heterocycles. The number of benzene rings is 14. The van der Waals surface area contributed by atoms with E-state index >= 15 is 0 Å². The van der Waals surface area contributed by atoms with Gasteiger partial charge in [0.25, 0.3) is 6.33 Å². The van der Waals surface area contributed by atoms with Crippen LogP contribution in [0.4, 0.5) is 0 Å². The number of aromatic nitrogens is 4. The van der Waals surface area contributed by atoms with Crippen molar-refractivity contribution in [3.05, 3.63) is 381 Å². The number of pyridine rings is 1. The number of rotatable bonds is 15. The van der Waals surface area contributed by atoms with Crippen LogP contribution in [0.3, 0.4) is 0 Å². The summed E-state index contributed by atoms with van der Waals surface area (Å²) in [5, 5.41) is -3.35. The molecule has 0 saturated carbocycles. The average Bonchev–Trinajstić information content (AvgIpc) is 0.734. The van der Waals surface area contributed by atoms with Gasteiger partial charge in [-0.15, -0.1) is 29.7 Å². The van der Waals surface area contributed by atoms with Crippen LogP contribution < -0.4 is 30.1 Å². The third kappa shape index (κ3) is 12.0. The Bertz CT molecular complexity index is 7980. The maximum Gasteiger partial charge on any atom is 0.268 e. The summed E-state index contributed by atoms with van der Waals surface area (Å²) in [5.74, 6) is -0.215. The molecule has 492 valence electrons. The van der Waals surface area contributed by atoms with E-state index < -0.39 is 309 Å². The summed E-state index contributed by atoms with van der Waals surface area (Å²) in [6.45, 7) is 2.78. The van der Waals surface area contributed by atoms with Crippen LogP contribution >= 0.6 is 0 Å². The molecule has 5 nitrogen and oxygen atoms in total. The second kappa shape index (κ2) is 27.4. The van der Waals surface area contributed by atoms with Crippen molar-refractivity contribution in [2.24, 2.45) is 0 Å². The van der Waals surface area contributed by atoms with Gasteiger partial charge < -0.3 is 13.9 Å². The van der Waals surface area contributed by atoms with Crippen LogP contribution in [0.5, 0.6) is 11.5 Å². The third-order valence-electron chi connectivity index (χ3n) is 17.0. The number of hydrogen-bond acceptors (Lipinski definition) is 2. The van der Waals surface area contributed by atoms with Crippen LogP contribution in [0.15, 0.2) is 351 Å². The number of para-hydroxylation sites is 2. The minimum absolute atomic E-state index is 0. The second-order valence-corrected chi connectivity index (χ2v) is 27.5. The zero-order chi connectivity index (χ0) is 103. The molecule has 17 aromatic rings. The van der Waals surface area contributed by atoms with Crippen molar-refractivity contribution in [3.8, 4) is 95.5 Å². The van der Waals surface area contributed by atoms with Crippen LogP contribution in [0.25, 0.3) is 117 Å². The number of fused-ring (bicyclic) bond motifs is 4. The molecule has 7 heteroatoms. The Labute approximate surface area is 668 Å². The van der Waals surface area contributed by atoms with Crippen molar-refractivity contribution >= 4 is 61.7 Å². The van der Waals surface area contributed by atoms with Crippen LogP contribution in [0.2, 0.25) is 0 Å². The minimum Gasteiger partial charge on any atom is -0.510 e. The number of ether oxygens (including phenoxy) is 1. The van der Waals surface area contributed by atoms with E-state index in [1.54, 1.807) is 59.2 Å². The molecule has 0 spiro atoms. The molecule has 0 fully saturated rings. The molecule has 0 unspecified atom stereocenters. The minimum atomic E-state index is -6.49. The molecule has 0 aliphatic rings. The number of nitrogens with zero attached hydrogens (tertiary/aromatic N) is 4. The molecular formula is C95H70N4OPtSi-2. The average molecular weight is 1550 g/mol. The largest absolute Gasteiger partial charge is 0.510 e. The van der Waals surface area contributed by atoms with Gasteiger partial charge in [0.1, 0.15) is 5.82 Å². The fourth-order valence-corrected chi connectivity index (χ4v) is 16.0. The summed E-state index contributed by atoms with van der Waals surface area (Å²) in [6.07, 6.45) is 4.51. The number of imidazole rings is 1. The summed E-state index contributed by atoms with van der Waals surface area (Å²) in [7, 11) is -6.49. The zero-order valence-electron chi connectivity index (χ0n) is 93.6. The quantitative estimate of drug-likeness (QED) is 0.0444. The molecule has 3 heterocycles. The predicted octanol–water partition coefficient (Wildman–Crippen LogP) is 20.6.